The van der Waals surface area contributed by atoms with Gasteiger partial charge in [0.25, 0.3) is 0 Å². The number of halogens is 1. The van der Waals surface area contributed by atoms with Crippen LogP contribution in [0.25, 0.3) is 33.1 Å². The third-order valence-electron chi connectivity index (χ3n) is 4.27. The number of aryl methyl sites for hydroxylation is 2. The predicted molar refractivity (Wildman–Crippen MR) is 102 cm³/mol. The first-order valence-electron chi connectivity index (χ1n) is 7.94. The molecule has 5 nitrogen and oxygen atoms in total. The summed E-state index contributed by atoms with van der Waals surface area (Å²) in [7, 11) is 0. The van der Waals surface area contributed by atoms with E-state index in [0.29, 0.717) is 32.7 Å². The van der Waals surface area contributed by atoms with E-state index in [1.165, 1.54) is 17.6 Å². The van der Waals surface area contributed by atoms with Crippen LogP contribution in [0, 0.1) is 13.8 Å². The number of nitrogens with zero attached hydrogens (tertiary/aromatic N) is 2. The minimum Gasteiger partial charge on any atom is -0.453 e. The van der Waals surface area contributed by atoms with Gasteiger partial charge in [-0.2, -0.15) is 4.37 Å². The van der Waals surface area contributed by atoms with Gasteiger partial charge in [0.1, 0.15) is 5.58 Å². The molecule has 26 heavy (non-hydrogen) atoms. The fourth-order valence-corrected chi connectivity index (χ4v) is 3.71. The van der Waals surface area contributed by atoms with E-state index in [2.05, 4.69) is 15.4 Å². The number of hydrogen-bond donors (Lipinski definition) is 2. The lowest BCUT2D eigenvalue weighted by molar-refractivity contribution is -0.0424. The maximum Gasteiger partial charge on any atom is 0.179 e. The second kappa shape index (κ2) is 6.48. The fourth-order valence-electron chi connectivity index (χ4n) is 2.80. The topological polar surface area (TPSA) is 79.4 Å². The largest absolute Gasteiger partial charge is 0.453 e. The third-order valence-corrected chi connectivity index (χ3v) is 5.31. The predicted octanol–water partition coefficient (Wildman–Crippen LogP) is 4.87. The number of aromatic nitrogens is 2. The minimum atomic E-state index is -1.57. The number of hydrogen-bond acceptors (Lipinski definition) is 6. The number of fused-ring (bicyclic) bond motifs is 1. The van der Waals surface area contributed by atoms with Crippen molar-refractivity contribution in [1.29, 1.82) is 0 Å². The molecular formula is C19H15ClN2O3S. The highest BCUT2D eigenvalue weighted by molar-refractivity contribution is 7.09. The lowest BCUT2D eigenvalue weighted by Gasteiger charge is -2.06. The molecule has 2 aromatic carbocycles. The first-order valence-corrected chi connectivity index (χ1v) is 9.09. The Morgan fingerprint density at radius 3 is 2.54 bits per heavy atom. The average molecular weight is 387 g/mol. The molecular weight excluding hydrogens is 372 g/mol. The molecule has 0 amide bonds. The van der Waals surface area contributed by atoms with E-state index in [-0.39, 0.29) is 0 Å². The van der Waals surface area contributed by atoms with Gasteiger partial charge in [-0.1, -0.05) is 29.8 Å². The summed E-state index contributed by atoms with van der Waals surface area (Å²) < 4.78 is 10.4. The summed E-state index contributed by atoms with van der Waals surface area (Å²) in [6.45, 7) is 4.06. The molecule has 132 valence electrons. The zero-order valence-corrected chi connectivity index (χ0v) is 15.6. The summed E-state index contributed by atoms with van der Waals surface area (Å²) in [5.41, 5.74) is 4.02. The molecule has 0 aliphatic heterocycles. The molecule has 0 spiro atoms. The van der Waals surface area contributed by atoms with Crippen LogP contribution in [-0.4, -0.2) is 19.6 Å². The quantitative estimate of drug-likeness (QED) is 0.491. The van der Waals surface area contributed by atoms with Crippen molar-refractivity contribution in [3.63, 3.8) is 0 Å². The number of aliphatic hydroxyl groups is 2. The Labute approximate surface area is 158 Å². The Bertz CT molecular complexity index is 1080. The fraction of sp³-hybridized carbons (Fsp3) is 0.158. The van der Waals surface area contributed by atoms with Gasteiger partial charge >= 0.3 is 0 Å². The maximum absolute atomic E-state index is 9.23. The van der Waals surface area contributed by atoms with Crippen LogP contribution in [0.3, 0.4) is 0 Å². The molecule has 0 unspecified atom stereocenters. The van der Waals surface area contributed by atoms with Crippen LogP contribution in [0.2, 0.25) is 5.02 Å². The zero-order chi connectivity index (χ0) is 18.4. The van der Waals surface area contributed by atoms with E-state index in [4.69, 9.17) is 16.0 Å². The van der Waals surface area contributed by atoms with E-state index in [1.54, 1.807) is 12.1 Å². The van der Waals surface area contributed by atoms with Gasteiger partial charge < -0.3 is 14.6 Å². The van der Waals surface area contributed by atoms with E-state index in [1.807, 2.05) is 26.0 Å². The van der Waals surface area contributed by atoms with Gasteiger partial charge in [0.05, 0.1) is 5.02 Å². The molecule has 7 heteroatoms. The van der Waals surface area contributed by atoms with E-state index >= 15 is 0 Å². The molecule has 0 saturated heterocycles. The standard InChI is InChI=1S/C19H15ClN2O3S/c1-9-3-4-10(2)16-13(9)8-15(25-16)18-21-17(22-26-18)12-6-5-11(19(23)24)7-14(12)20/h3-8,19,23-24H,1-2H3. The summed E-state index contributed by atoms with van der Waals surface area (Å²) in [5.74, 6) is 1.14. The summed E-state index contributed by atoms with van der Waals surface area (Å²) >= 11 is 7.48. The highest BCUT2D eigenvalue weighted by atomic mass is 35.5. The Kier molecular flexibility index (Phi) is 4.28. The van der Waals surface area contributed by atoms with Crippen molar-refractivity contribution >= 4 is 34.1 Å². The minimum absolute atomic E-state index is 0.317. The normalized spacial score (nSPS) is 11.6. The first kappa shape index (κ1) is 17.2. The SMILES string of the molecule is Cc1ccc(C)c2oc(-c3nc(-c4ccc(C(O)O)cc4Cl)ns3)cc12. The summed E-state index contributed by atoms with van der Waals surface area (Å²) in [6, 6.07) is 10.8. The Balaban J connectivity index is 1.75. The lowest BCUT2D eigenvalue weighted by Crippen LogP contribution is -1.95. The Morgan fingerprint density at radius 2 is 1.85 bits per heavy atom. The molecule has 0 atom stereocenters. The molecule has 0 aliphatic carbocycles. The molecule has 2 heterocycles. The monoisotopic (exact) mass is 386 g/mol. The average Bonchev–Trinajstić information content (AvgIpc) is 3.25. The number of furan rings is 1. The molecule has 0 radical (unpaired) electrons. The molecule has 2 N–H and O–H groups in total. The van der Waals surface area contributed by atoms with Crippen molar-refractivity contribution in [2.45, 2.75) is 20.1 Å². The smallest absolute Gasteiger partial charge is 0.179 e. The van der Waals surface area contributed by atoms with Crippen molar-refractivity contribution in [2.24, 2.45) is 0 Å². The highest BCUT2D eigenvalue weighted by Crippen LogP contribution is 2.35. The molecule has 4 aromatic rings. The molecule has 0 bridgehead atoms. The van der Waals surface area contributed by atoms with Gasteiger partial charge in [-0.25, -0.2) is 4.98 Å². The van der Waals surface area contributed by atoms with Crippen LogP contribution in [0.4, 0.5) is 0 Å². The van der Waals surface area contributed by atoms with Crippen LogP contribution in [0.5, 0.6) is 0 Å². The zero-order valence-electron chi connectivity index (χ0n) is 14.0. The highest BCUT2D eigenvalue weighted by Gasteiger charge is 2.17. The van der Waals surface area contributed by atoms with E-state index in [9.17, 15) is 10.2 Å². The van der Waals surface area contributed by atoms with Crippen LogP contribution >= 0.6 is 23.1 Å². The summed E-state index contributed by atoms with van der Waals surface area (Å²) in [4.78, 5) is 4.54. The lowest BCUT2D eigenvalue weighted by atomic mass is 10.1. The van der Waals surface area contributed by atoms with Gasteiger partial charge in [0.15, 0.2) is 22.9 Å². The first-order chi connectivity index (χ1) is 12.4. The van der Waals surface area contributed by atoms with Crippen molar-refractivity contribution in [1.82, 2.24) is 9.36 Å². The molecule has 0 fully saturated rings. The van der Waals surface area contributed by atoms with Crippen molar-refractivity contribution in [3.05, 3.63) is 58.1 Å². The molecule has 2 aromatic heterocycles. The van der Waals surface area contributed by atoms with Gasteiger partial charge in [-0.3, -0.25) is 0 Å². The maximum atomic E-state index is 9.23. The van der Waals surface area contributed by atoms with Crippen LogP contribution in [0.15, 0.2) is 40.8 Å². The van der Waals surface area contributed by atoms with Crippen molar-refractivity contribution in [3.8, 4) is 22.2 Å². The molecule has 0 aliphatic rings. The summed E-state index contributed by atoms with van der Waals surface area (Å²) in [6.07, 6.45) is -1.57. The van der Waals surface area contributed by atoms with Crippen molar-refractivity contribution in [2.75, 3.05) is 0 Å². The van der Waals surface area contributed by atoms with Crippen LogP contribution in [0.1, 0.15) is 23.0 Å². The van der Waals surface area contributed by atoms with Crippen LogP contribution < -0.4 is 0 Å². The van der Waals surface area contributed by atoms with Crippen LogP contribution in [-0.2, 0) is 0 Å². The van der Waals surface area contributed by atoms with Gasteiger partial charge in [0, 0.05) is 16.5 Å². The second-order valence-corrected chi connectivity index (χ2v) is 7.25. The van der Waals surface area contributed by atoms with E-state index < -0.39 is 6.29 Å². The second-order valence-electron chi connectivity index (χ2n) is 6.09. The van der Waals surface area contributed by atoms with Gasteiger partial charge in [-0.15, -0.1) is 0 Å². The number of benzene rings is 2. The Hall–Kier alpha value is -2.25. The van der Waals surface area contributed by atoms with Gasteiger partial charge in [0.2, 0.25) is 0 Å². The molecule has 4 rings (SSSR count). The van der Waals surface area contributed by atoms with Crippen molar-refractivity contribution < 1.29 is 14.6 Å². The summed E-state index contributed by atoms with van der Waals surface area (Å²) in [5, 5.41) is 20.6. The number of aliphatic hydroxyl groups excluding tert-OH is 1. The third kappa shape index (κ3) is 2.91. The molecule has 0 saturated carbocycles. The Morgan fingerprint density at radius 1 is 1.08 bits per heavy atom. The van der Waals surface area contributed by atoms with E-state index in [0.717, 1.165) is 22.1 Å². The van der Waals surface area contributed by atoms with Gasteiger partial charge in [-0.05, 0) is 54.7 Å². The number of rotatable bonds is 3.